The molecule has 2 aromatic carbocycles. The van der Waals surface area contributed by atoms with Crippen LogP contribution in [0, 0.1) is 0 Å². The van der Waals surface area contributed by atoms with Crippen LogP contribution >= 0.6 is 23.2 Å². The summed E-state index contributed by atoms with van der Waals surface area (Å²) in [5.74, 6) is -0.246. The summed E-state index contributed by atoms with van der Waals surface area (Å²) < 4.78 is 0. The molecule has 3 amide bonds. The van der Waals surface area contributed by atoms with Gasteiger partial charge < -0.3 is 5.32 Å². The van der Waals surface area contributed by atoms with E-state index in [1.54, 1.807) is 13.0 Å². The molecule has 1 fully saturated rings. The van der Waals surface area contributed by atoms with Gasteiger partial charge in [0, 0.05) is 6.54 Å². The van der Waals surface area contributed by atoms with Crippen molar-refractivity contribution in [1.82, 2.24) is 15.1 Å². The van der Waals surface area contributed by atoms with Gasteiger partial charge in [0.2, 0.25) is 0 Å². The maximum absolute atomic E-state index is 13.2. The minimum Gasteiger partial charge on any atom is -0.319 e. The van der Waals surface area contributed by atoms with Crippen LogP contribution in [0.3, 0.4) is 0 Å². The van der Waals surface area contributed by atoms with E-state index in [4.69, 9.17) is 23.2 Å². The Morgan fingerprint density at radius 2 is 1.90 bits per heavy atom. The third-order valence-corrected chi connectivity index (χ3v) is 6.66. The van der Waals surface area contributed by atoms with Crippen molar-refractivity contribution in [3.8, 4) is 0 Å². The van der Waals surface area contributed by atoms with E-state index in [-0.39, 0.29) is 18.6 Å². The van der Waals surface area contributed by atoms with Gasteiger partial charge in [0.05, 0.1) is 16.7 Å². The minimum atomic E-state index is -1.05. The first-order chi connectivity index (χ1) is 13.8. The van der Waals surface area contributed by atoms with Gasteiger partial charge in [0.1, 0.15) is 5.54 Å². The van der Waals surface area contributed by atoms with Gasteiger partial charge in [-0.2, -0.15) is 0 Å². The van der Waals surface area contributed by atoms with E-state index in [0.29, 0.717) is 16.6 Å². The standard InChI is InChI=1S/C22H23Cl2N3O2/c1-22(17-10-9-14-5-3-6-15(14)11-17)20(28)27(21(29)25-22)13-26(2)12-16-7-4-8-18(23)19(16)24/h4,7-11H,3,5-6,12-13H2,1-2H3,(H,25,29). The molecule has 0 spiro atoms. The van der Waals surface area contributed by atoms with Crippen molar-refractivity contribution in [3.05, 3.63) is 68.7 Å². The van der Waals surface area contributed by atoms with Crippen LogP contribution in [-0.4, -0.2) is 35.5 Å². The Balaban J connectivity index is 1.51. The van der Waals surface area contributed by atoms with Gasteiger partial charge in [0.15, 0.2) is 0 Å². The van der Waals surface area contributed by atoms with E-state index >= 15 is 0 Å². The van der Waals surface area contributed by atoms with Gasteiger partial charge >= 0.3 is 6.03 Å². The lowest BCUT2D eigenvalue weighted by Crippen LogP contribution is -2.43. The topological polar surface area (TPSA) is 52.6 Å². The van der Waals surface area contributed by atoms with E-state index in [2.05, 4.69) is 17.4 Å². The maximum atomic E-state index is 13.2. The van der Waals surface area contributed by atoms with Crippen molar-refractivity contribution in [2.24, 2.45) is 0 Å². The van der Waals surface area contributed by atoms with Crippen LogP contribution in [0.4, 0.5) is 4.79 Å². The fourth-order valence-corrected chi connectivity index (χ4v) is 4.54. The van der Waals surface area contributed by atoms with E-state index < -0.39 is 5.54 Å². The maximum Gasteiger partial charge on any atom is 0.326 e. The highest BCUT2D eigenvalue weighted by Gasteiger charge is 2.49. The molecule has 2 aromatic rings. The Kier molecular flexibility index (Phi) is 5.32. The molecule has 1 atom stereocenters. The van der Waals surface area contributed by atoms with Gasteiger partial charge in [-0.15, -0.1) is 0 Å². The number of amides is 3. The first kappa shape index (κ1) is 20.2. The molecule has 0 bridgehead atoms. The van der Waals surface area contributed by atoms with Crippen LogP contribution in [0.5, 0.6) is 0 Å². The summed E-state index contributed by atoms with van der Waals surface area (Å²) >= 11 is 12.3. The van der Waals surface area contributed by atoms with Crippen LogP contribution in [0.2, 0.25) is 10.0 Å². The largest absolute Gasteiger partial charge is 0.326 e. The smallest absolute Gasteiger partial charge is 0.319 e. The van der Waals surface area contributed by atoms with Gasteiger partial charge in [-0.3, -0.25) is 9.69 Å². The van der Waals surface area contributed by atoms with Crippen LogP contribution in [0.25, 0.3) is 0 Å². The van der Waals surface area contributed by atoms with Crippen molar-refractivity contribution >= 4 is 35.1 Å². The molecule has 1 saturated heterocycles. The molecule has 0 radical (unpaired) electrons. The van der Waals surface area contributed by atoms with Gasteiger partial charge in [0.25, 0.3) is 5.91 Å². The van der Waals surface area contributed by atoms with Crippen LogP contribution in [-0.2, 0) is 29.7 Å². The van der Waals surface area contributed by atoms with Crippen molar-refractivity contribution in [2.45, 2.75) is 38.3 Å². The Labute approximate surface area is 180 Å². The number of hydrogen-bond acceptors (Lipinski definition) is 3. The number of carbonyl (C=O) groups excluding carboxylic acids is 2. The molecule has 4 rings (SSSR count). The first-order valence-corrected chi connectivity index (χ1v) is 10.4. The van der Waals surface area contributed by atoms with E-state index in [1.807, 2.05) is 30.1 Å². The average Bonchev–Trinajstić information content (AvgIpc) is 3.24. The molecule has 0 saturated carbocycles. The summed E-state index contributed by atoms with van der Waals surface area (Å²) in [6, 6.07) is 11.2. The number of aryl methyl sites for hydroxylation is 2. The van der Waals surface area contributed by atoms with E-state index in [1.165, 1.54) is 16.0 Å². The summed E-state index contributed by atoms with van der Waals surface area (Å²) in [6.07, 6.45) is 3.24. The zero-order valence-corrected chi connectivity index (χ0v) is 18.0. The van der Waals surface area contributed by atoms with Crippen molar-refractivity contribution < 1.29 is 9.59 Å². The lowest BCUT2D eigenvalue weighted by atomic mass is 9.90. The molecule has 0 aromatic heterocycles. The average molecular weight is 432 g/mol. The summed E-state index contributed by atoms with van der Waals surface area (Å²) in [6.45, 7) is 2.40. The summed E-state index contributed by atoms with van der Waals surface area (Å²) in [5, 5.41) is 3.86. The highest BCUT2D eigenvalue weighted by Crippen LogP contribution is 2.33. The fourth-order valence-electron chi connectivity index (χ4n) is 4.16. The summed E-state index contributed by atoms with van der Waals surface area (Å²) in [7, 11) is 1.84. The third kappa shape index (κ3) is 3.63. The molecule has 7 heteroatoms. The van der Waals surface area contributed by atoms with Gasteiger partial charge in [-0.05, 0) is 61.6 Å². The Bertz CT molecular complexity index is 994. The SMILES string of the molecule is CN(Cc1cccc(Cl)c1Cl)CN1C(=O)NC(C)(c2ccc3c(c2)CCC3)C1=O. The van der Waals surface area contributed by atoms with Crippen molar-refractivity contribution in [2.75, 3.05) is 13.7 Å². The summed E-state index contributed by atoms with van der Waals surface area (Å²) in [4.78, 5) is 29.0. The first-order valence-electron chi connectivity index (χ1n) is 9.67. The molecule has 29 heavy (non-hydrogen) atoms. The monoisotopic (exact) mass is 431 g/mol. The molecule has 1 unspecified atom stereocenters. The second kappa shape index (κ2) is 7.63. The molecule has 1 aliphatic heterocycles. The number of halogens is 2. The number of imide groups is 1. The highest BCUT2D eigenvalue weighted by molar-refractivity contribution is 6.42. The zero-order chi connectivity index (χ0) is 20.8. The van der Waals surface area contributed by atoms with Crippen LogP contribution in [0.15, 0.2) is 36.4 Å². The summed E-state index contributed by atoms with van der Waals surface area (Å²) in [5.41, 5.74) is 3.24. The quantitative estimate of drug-likeness (QED) is 0.716. The van der Waals surface area contributed by atoms with Crippen LogP contribution < -0.4 is 5.32 Å². The second-order valence-corrected chi connectivity index (χ2v) is 8.78. The number of fused-ring (bicyclic) bond motifs is 1. The fraction of sp³-hybridized carbons (Fsp3) is 0.364. The second-order valence-electron chi connectivity index (χ2n) is 7.99. The molecule has 1 aliphatic carbocycles. The molecule has 5 nitrogen and oxygen atoms in total. The number of urea groups is 1. The van der Waals surface area contributed by atoms with Gasteiger partial charge in [-0.25, -0.2) is 9.69 Å². The molecular formula is C22H23Cl2N3O2. The lowest BCUT2D eigenvalue weighted by Gasteiger charge is -2.25. The molecule has 1 N–H and O–H groups in total. The van der Waals surface area contributed by atoms with E-state index in [0.717, 1.165) is 30.4 Å². The van der Waals surface area contributed by atoms with Gasteiger partial charge in [-0.1, -0.05) is 53.5 Å². The number of nitrogens with one attached hydrogen (secondary N) is 1. The van der Waals surface area contributed by atoms with E-state index in [9.17, 15) is 9.59 Å². The Morgan fingerprint density at radius 3 is 2.69 bits per heavy atom. The normalized spacial score (nSPS) is 21.1. The predicted octanol–water partition coefficient (Wildman–Crippen LogP) is 4.34. The van der Waals surface area contributed by atoms with Crippen molar-refractivity contribution in [3.63, 3.8) is 0 Å². The molecule has 2 aliphatic rings. The zero-order valence-electron chi connectivity index (χ0n) is 16.5. The number of nitrogens with zero attached hydrogens (tertiary/aromatic N) is 2. The third-order valence-electron chi connectivity index (χ3n) is 5.81. The molecule has 152 valence electrons. The molecular weight excluding hydrogens is 409 g/mol. The highest BCUT2D eigenvalue weighted by atomic mass is 35.5. The minimum absolute atomic E-state index is 0.161. The predicted molar refractivity (Wildman–Crippen MR) is 114 cm³/mol. The molecule has 1 heterocycles. The number of hydrogen-bond donors (Lipinski definition) is 1. The Hall–Kier alpha value is -2.08. The Morgan fingerprint density at radius 1 is 1.14 bits per heavy atom. The number of rotatable bonds is 5. The lowest BCUT2D eigenvalue weighted by molar-refractivity contribution is -0.132. The number of carbonyl (C=O) groups is 2. The number of benzene rings is 2. The van der Waals surface area contributed by atoms with Crippen LogP contribution in [0.1, 0.15) is 35.6 Å². The van der Waals surface area contributed by atoms with Crippen molar-refractivity contribution in [1.29, 1.82) is 0 Å².